The van der Waals surface area contributed by atoms with Crippen LogP contribution in [-0.2, 0) is 12.6 Å². The molecular weight excluding hydrogens is 229 g/mol. The average Bonchev–Trinajstić information content (AvgIpc) is 3.09. The van der Waals surface area contributed by atoms with Gasteiger partial charge in [-0.2, -0.15) is 13.2 Å². The summed E-state index contributed by atoms with van der Waals surface area (Å²) in [6.45, 7) is 0. The van der Waals surface area contributed by atoms with Gasteiger partial charge in [-0.15, -0.1) is 0 Å². The van der Waals surface area contributed by atoms with E-state index < -0.39 is 11.9 Å². The molecule has 0 spiro atoms. The van der Waals surface area contributed by atoms with Crippen LogP contribution in [0.15, 0.2) is 18.2 Å². The van der Waals surface area contributed by atoms with Gasteiger partial charge in [0.15, 0.2) is 0 Å². The normalized spacial score (nSPS) is 18.1. The van der Waals surface area contributed by atoms with Gasteiger partial charge in [-0.05, 0) is 37.9 Å². The van der Waals surface area contributed by atoms with Crippen molar-refractivity contribution < 1.29 is 13.2 Å². The van der Waals surface area contributed by atoms with Crippen molar-refractivity contribution in [2.75, 3.05) is 7.05 Å². The third-order valence-electron chi connectivity index (χ3n) is 3.09. The van der Waals surface area contributed by atoms with Crippen molar-refractivity contribution in [3.05, 3.63) is 29.6 Å². The number of aromatic nitrogens is 1. The number of pyridine rings is 1. The number of halogens is 3. The molecule has 0 aromatic carbocycles. The Kier molecular flexibility index (Phi) is 3.38. The van der Waals surface area contributed by atoms with Crippen LogP contribution in [-0.4, -0.2) is 18.1 Å². The zero-order chi connectivity index (χ0) is 12.5. The first-order chi connectivity index (χ1) is 8.00. The molecule has 2 rings (SSSR count). The molecule has 0 bridgehead atoms. The van der Waals surface area contributed by atoms with E-state index in [1.54, 1.807) is 6.07 Å². The molecule has 0 amide bonds. The highest BCUT2D eigenvalue weighted by atomic mass is 19.4. The van der Waals surface area contributed by atoms with E-state index in [4.69, 9.17) is 0 Å². The largest absolute Gasteiger partial charge is 0.433 e. The topological polar surface area (TPSA) is 24.9 Å². The van der Waals surface area contributed by atoms with Crippen molar-refractivity contribution in [1.29, 1.82) is 0 Å². The minimum Gasteiger partial charge on any atom is -0.316 e. The Labute approximate surface area is 98.2 Å². The van der Waals surface area contributed by atoms with Crippen molar-refractivity contribution in [1.82, 2.24) is 10.3 Å². The van der Waals surface area contributed by atoms with Gasteiger partial charge >= 0.3 is 6.18 Å². The van der Waals surface area contributed by atoms with Gasteiger partial charge in [-0.25, -0.2) is 4.98 Å². The predicted molar refractivity (Wildman–Crippen MR) is 58.5 cm³/mol. The highest BCUT2D eigenvalue weighted by Gasteiger charge is 2.33. The number of alkyl halides is 3. The van der Waals surface area contributed by atoms with Crippen molar-refractivity contribution in [3.63, 3.8) is 0 Å². The summed E-state index contributed by atoms with van der Waals surface area (Å²) < 4.78 is 37.4. The van der Waals surface area contributed by atoms with Crippen LogP contribution in [0.3, 0.4) is 0 Å². The van der Waals surface area contributed by atoms with Crippen LogP contribution in [0.4, 0.5) is 13.2 Å². The first kappa shape index (κ1) is 12.4. The van der Waals surface area contributed by atoms with Gasteiger partial charge < -0.3 is 5.32 Å². The molecule has 1 aliphatic carbocycles. The minimum atomic E-state index is -4.36. The van der Waals surface area contributed by atoms with Gasteiger partial charge in [0.05, 0.1) is 0 Å². The second-order valence-corrected chi connectivity index (χ2v) is 4.45. The van der Waals surface area contributed by atoms with Crippen LogP contribution in [0.25, 0.3) is 0 Å². The van der Waals surface area contributed by atoms with Gasteiger partial charge in [0, 0.05) is 18.2 Å². The van der Waals surface area contributed by atoms with Crippen LogP contribution in [0.2, 0.25) is 0 Å². The van der Waals surface area contributed by atoms with Crippen molar-refractivity contribution in [2.45, 2.75) is 31.5 Å². The van der Waals surface area contributed by atoms with E-state index in [0.717, 1.165) is 18.9 Å². The zero-order valence-corrected chi connectivity index (χ0v) is 9.59. The summed E-state index contributed by atoms with van der Waals surface area (Å²) in [5, 5.41) is 3.15. The van der Waals surface area contributed by atoms with Crippen LogP contribution in [0.5, 0.6) is 0 Å². The summed E-state index contributed by atoms with van der Waals surface area (Å²) in [6, 6.07) is 4.33. The SMILES string of the molecule is CNC(Cc1cccc(C(F)(F)F)n1)C1CC1. The minimum absolute atomic E-state index is 0.242. The molecule has 1 fully saturated rings. The van der Waals surface area contributed by atoms with E-state index in [1.165, 1.54) is 6.07 Å². The zero-order valence-electron chi connectivity index (χ0n) is 9.59. The van der Waals surface area contributed by atoms with Crippen molar-refractivity contribution in [2.24, 2.45) is 5.92 Å². The first-order valence-electron chi connectivity index (χ1n) is 5.71. The van der Waals surface area contributed by atoms with Crippen LogP contribution >= 0.6 is 0 Å². The number of likely N-dealkylation sites (N-methyl/N-ethyl adjacent to an activating group) is 1. The Morgan fingerprint density at radius 1 is 1.41 bits per heavy atom. The second-order valence-electron chi connectivity index (χ2n) is 4.45. The molecular formula is C12H15F3N2. The molecule has 1 heterocycles. The summed E-state index contributed by atoms with van der Waals surface area (Å²) in [6.07, 6.45) is -1.48. The van der Waals surface area contributed by atoms with E-state index >= 15 is 0 Å². The van der Waals surface area contributed by atoms with Crippen molar-refractivity contribution in [3.8, 4) is 0 Å². The number of rotatable bonds is 4. The maximum atomic E-state index is 12.5. The van der Waals surface area contributed by atoms with Crippen LogP contribution < -0.4 is 5.32 Å². The number of nitrogens with zero attached hydrogens (tertiary/aromatic N) is 1. The Balaban J connectivity index is 2.10. The average molecular weight is 244 g/mol. The summed E-state index contributed by atoms with van der Waals surface area (Å²) >= 11 is 0. The molecule has 17 heavy (non-hydrogen) atoms. The van der Waals surface area contributed by atoms with Gasteiger partial charge in [-0.3, -0.25) is 0 Å². The third-order valence-corrected chi connectivity index (χ3v) is 3.09. The number of hydrogen-bond acceptors (Lipinski definition) is 2. The molecule has 2 nitrogen and oxygen atoms in total. The maximum absolute atomic E-state index is 12.5. The lowest BCUT2D eigenvalue weighted by Crippen LogP contribution is -2.30. The van der Waals surface area contributed by atoms with Gasteiger partial charge in [0.1, 0.15) is 5.69 Å². The second kappa shape index (κ2) is 4.64. The lowest BCUT2D eigenvalue weighted by atomic mass is 10.1. The lowest BCUT2D eigenvalue weighted by molar-refractivity contribution is -0.141. The molecule has 0 aliphatic heterocycles. The summed E-state index contributed by atoms with van der Waals surface area (Å²) in [5.41, 5.74) is -0.299. The fourth-order valence-electron chi connectivity index (χ4n) is 1.98. The fourth-order valence-corrected chi connectivity index (χ4v) is 1.98. The van der Waals surface area contributed by atoms with Crippen molar-refractivity contribution >= 4 is 0 Å². The summed E-state index contributed by atoms with van der Waals surface area (Å²) in [7, 11) is 1.84. The first-order valence-corrected chi connectivity index (χ1v) is 5.71. The molecule has 1 N–H and O–H groups in total. The van der Waals surface area contributed by atoms with E-state index in [9.17, 15) is 13.2 Å². The van der Waals surface area contributed by atoms with Crippen LogP contribution in [0, 0.1) is 5.92 Å². The summed E-state index contributed by atoms with van der Waals surface area (Å²) in [5.74, 6) is 0.594. The molecule has 94 valence electrons. The standard InChI is InChI=1S/C12H15F3N2/c1-16-10(8-5-6-8)7-9-3-2-4-11(17-9)12(13,14)15/h2-4,8,10,16H,5-7H2,1H3. The Morgan fingerprint density at radius 3 is 2.65 bits per heavy atom. The molecule has 5 heteroatoms. The maximum Gasteiger partial charge on any atom is 0.433 e. The molecule has 0 radical (unpaired) electrons. The smallest absolute Gasteiger partial charge is 0.316 e. The third kappa shape index (κ3) is 3.19. The van der Waals surface area contributed by atoms with E-state index in [0.29, 0.717) is 18.0 Å². The Hall–Kier alpha value is -1.10. The molecule has 1 saturated carbocycles. The molecule has 1 unspecified atom stereocenters. The van der Waals surface area contributed by atoms with E-state index in [-0.39, 0.29) is 6.04 Å². The molecule has 1 aromatic rings. The van der Waals surface area contributed by atoms with Gasteiger partial charge in [0.2, 0.25) is 0 Å². The molecule has 0 saturated heterocycles. The van der Waals surface area contributed by atoms with E-state index in [2.05, 4.69) is 10.3 Å². The lowest BCUT2D eigenvalue weighted by Gasteiger charge is -2.15. The van der Waals surface area contributed by atoms with Gasteiger partial charge in [-0.1, -0.05) is 6.07 Å². The van der Waals surface area contributed by atoms with Gasteiger partial charge in [0.25, 0.3) is 0 Å². The Bertz CT molecular complexity index is 386. The van der Waals surface area contributed by atoms with E-state index in [1.807, 2.05) is 7.05 Å². The predicted octanol–water partition coefficient (Wildman–Crippen LogP) is 2.64. The highest BCUT2D eigenvalue weighted by Crippen LogP contribution is 2.34. The van der Waals surface area contributed by atoms with Crippen LogP contribution in [0.1, 0.15) is 24.2 Å². The number of hydrogen-bond donors (Lipinski definition) is 1. The summed E-state index contributed by atoms with van der Waals surface area (Å²) in [4.78, 5) is 3.68. The highest BCUT2D eigenvalue weighted by molar-refractivity contribution is 5.15. The molecule has 1 aromatic heterocycles. The molecule has 1 atom stereocenters. The quantitative estimate of drug-likeness (QED) is 0.880. The Morgan fingerprint density at radius 2 is 2.12 bits per heavy atom. The number of nitrogens with one attached hydrogen (secondary N) is 1. The fraction of sp³-hybridized carbons (Fsp3) is 0.583. The monoisotopic (exact) mass is 244 g/mol. The molecule has 1 aliphatic rings.